The minimum Gasteiger partial charge on any atom is -0.0628 e. The molecule has 122 valence electrons. The Kier molecular flexibility index (Phi) is 4.72. The first-order valence-corrected chi connectivity index (χ1v) is 9.94. The lowest BCUT2D eigenvalue weighted by molar-refractivity contribution is -0.0632. The third kappa shape index (κ3) is 4.26. The Morgan fingerprint density at radius 3 is 1.52 bits per heavy atom. The zero-order valence-electron chi connectivity index (χ0n) is 15.0. The molecule has 5 aliphatic carbocycles. The summed E-state index contributed by atoms with van der Waals surface area (Å²) in [4.78, 5) is 0. The van der Waals surface area contributed by atoms with E-state index in [9.17, 15) is 0 Å². The zero-order valence-corrected chi connectivity index (χ0v) is 15.0. The summed E-state index contributed by atoms with van der Waals surface area (Å²) in [6.07, 6.45) is 15.6. The summed E-state index contributed by atoms with van der Waals surface area (Å²) < 4.78 is 0. The van der Waals surface area contributed by atoms with Crippen molar-refractivity contribution in [1.82, 2.24) is 0 Å². The summed E-state index contributed by atoms with van der Waals surface area (Å²) in [5, 5.41) is 0. The largest absolute Gasteiger partial charge is 0.0628 e. The predicted molar refractivity (Wildman–Crippen MR) is 92.2 cm³/mol. The van der Waals surface area contributed by atoms with Crippen molar-refractivity contribution < 1.29 is 0 Å². The second-order valence-corrected chi connectivity index (χ2v) is 10.1. The lowest BCUT2D eigenvalue weighted by atomic mass is 9.48. The van der Waals surface area contributed by atoms with Crippen molar-refractivity contribution in [3.8, 4) is 0 Å². The molecule has 0 unspecified atom stereocenters. The molecule has 0 saturated heterocycles. The molecule has 0 aromatic rings. The van der Waals surface area contributed by atoms with E-state index in [4.69, 9.17) is 0 Å². The molecule has 5 fully saturated rings. The van der Waals surface area contributed by atoms with E-state index in [2.05, 4.69) is 27.7 Å². The van der Waals surface area contributed by atoms with Crippen molar-refractivity contribution in [1.29, 1.82) is 0 Å². The maximum absolute atomic E-state index is 2.42. The second-order valence-electron chi connectivity index (χ2n) is 10.1. The molecule has 0 heteroatoms. The number of rotatable bonds is 4. The average molecular weight is 291 g/mol. The summed E-state index contributed by atoms with van der Waals surface area (Å²) in [5.74, 6) is 6.40. The van der Waals surface area contributed by atoms with E-state index in [0.29, 0.717) is 0 Å². The highest BCUT2D eigenvalue weighted by molar-refractivity contribution is 5.01. The summed E-state index contributed by atoms with van der Waals surface area (Å²) in [6, 6.07) is 0. The van der Waals surface area contributed by atoms with Crippen LogP contribution < -0.4 is 0 Å². The molecular formula is C21H38. The first-order chi connectivity index (χ1) is 9.94. The van der Waals surface area contributed by atoms with E-state index in [1.165, 1.54) is 25.7 Å². The average Bonchev–Trinajstić information content (AvgIpc) is 3.08. The molecule has 0 spiro atoms. The number of hydrogen-bond donors (Lipinski definition) is 0. The van der Waals surface area contributed by atoms with Crippen LogP contribution in [0.4, 0.5) is 0 Å². The fourth-order valence-corrected chi connectivity index (χ4v) is 6.43. The molecule has 0 N–H and O–H groups in total. The smallest absolute Gasteiger partial charge is 0.0287 e. The first-order valence-electron chi connectivity index (χ1n) is 9.94. The third-order valence-electron chi connectivity index (χ3n) is 6.51. The molecular weight excluding hydrogens is 252 g/mol. The Hall–Kier alpha value is 0. The lowest BCUT2D eigenvalue weighted by Gasteiger charge is -2.57. The Labute approximate surface area is 133 Å². The van der Waals surface area contributed by atoms with Crippen LogP contribution >= 0.6 is 0 Å². The van der Waals surface area contributed by atoms with Gasteiger partial charge in [0.25, 0.3) is 0 Å². The van der Waals surface area contributed by atoms with Crippen LogP contribution in [-0.2, 0) is 0 Å². The van der Waals surface area contributed by atoms with E-state index in [1.807, 2.05) is 0 Å². The van der Waals surface area contributed by atoms with Gasteiger partial charge in [-0.3, -0.25) is 0 Å². The molecule has 0 radical (unpaired) electrons. The maximum Gasteiger partial charge on any atom is -0.0287 e. The van der Waals surface area contributed by atoms with Crippen LogP contribution in [0.25, 0.3) is 0 Å². The fraction of sp³-hybridized carbons (Fsp3) is 1.00. The molecule has 5 aliphatic rings. The van der Waals surface area contributed by atoms with Crippen LogP contribution in [0.2, 0.25) is 0 Å². The van der Waals surface area contributed by atoms with Crippen LogP contribution in [0, 0.1) is 40.9 Å². The molecule has 21 heavy (non-hydrogen) atoms. The van der Waals surface area contributed by atoms with E-state index in [1.54, 1.807) is 38.5 Å². The highest BCUT2D eigenvalue weighted by Gasteiger charge is 2.50. The van der Waals surface area contributed by atoms with Crippen molar-refractivity contribution in [2.24, 2.45) is 40.9 Å². The van der Waals surface area contributed by atoms with Gasteiger partial charge >= 0.3 is 0 Å². The molecule has 4 bridgehead atoms. The zero-order chi connectivity index (χ0) is 15.0. The number of hydrogen-bond acceptors (Lipinski definition) is 0. The van der Waals surface area contributed by atoms with Gasteiger partial charge in [0.1, 0.15) is 0 Å². The van der Waals surface area contributed by atoms with Crippen molar-refractivity contribution in [2.75, 3.05) is 0 Å². The van der Waals surface area contributed by atoms with Gasteiger partial charge in [-0.25, -0.2) is 0 Å². The standard InChI is InChI=1S/C14H24.C7H14/c1-10(2)6-14-7-11-3-12(8-14)5-13(4-11)9-14;1-6(2)5-7-3-4-7/h10-13H,3-9H2,1-2H3;6-7H,3-5H2,1-2H3. The van der Waals surface area contributed by atoms with Crippen LogP contribution in [0.3, 0.4) is 0 Å². The Balaban J connectivity index is 0.000000160. The molecule has 0 aliphatic heterocycles. The van der Waals surface area contributed by atoms with Gasteiger partial charge in [-0.2, -0.15) is 0 Å². The van der Waals surface area contributed by atoms with E-state index in [-0.39, 0.29) is 0 Å². The Morgan fingerprint density at radius 1 is 0.762 bits per heavy atom. The minimum absolute atomic E-state index is 0.822. The summed E-state index contributed by atoms with van der Waals surface area (Å²) >= 11 is 0. The first kappa shape index (κ1) is 15.9. The van der Waals surface area contributed by atoms with Crippen LogP contribution in [-0.4, -0.2) is 0 Å². The van der Waals surface area contributed by atoms with E-state index >= 15 is 0 Å². The van der Waals surface area contributed by atoms with Gasteiger partial charge in [0.2, 0.25) is 0 Å². The van der Waals surface area contributed by atoms with Crippen molar-refractivity contribution >= 4 is 0 Å². The quantitative estimate of drug-likeness (QED) is 0.541. The highest BCUT2D eigenvalue weighted by atomic mass is 14.6. The SMILES string of the molecule is CC(C)CC12CC3CC(CC(C3)C1)C2.CC(C)CC1CC1. The van der Waals surface area contributed by atoms with Crippen molar-refractivity contribution in [2.45, 2.75) is 91.9 Å². The van der Waals surface area contributed by atoms with Gasteiger partial charge in [-0.1, -0.05) is 40.5 Å². The van der Waals surface area contributed by atoms with Crippen LogP contribution in [0.1, 0.15) is 91.9 Å². The third-order valence-corrected chi connectivity index (χ3v) is 6.51. The molecule has 0 aromatic carbocycles. The van der Waals surface area contributed by atoms with Crippen LogP contribution in [0.15, 0.2) is 0 Å². The maximum atomic E-state index is 2.42. The molecule has 0 atom stereocenters. The van der Waals surface area contributed by atoms with Gasteiger partial charge in [-0.15, -0.1) is 0 Å². The van der Waals surface area contributed by atoms with Crippen molar-refractivity contribution in [3.63, 3.8) is 0 Å². The molecule has 0 amide bonds. The minimum atomic E-state index is 0.822. The van der Waals surface area contributed by atoms with Gasteiger partial charge < -0.3 is 0 Å². The molecule has 0 nitrogen and oxygen atoms in total. The topological polar surface area (TPSA) is 0 Å². The van der Waals surface area contributed by atoms with E-state index < -0.39 is 0 Å². The van der Waals surface area contributed by atoms with Gasteiger partial charge in [0.15, 0.2) is 0 Å². The van der Waals surface area contributed by atoms with Crippen molar-refractivity contribution in [3.05, 3.63) is 0 Å². The lowest BCUT2D eigenvalue weighted by Crippen LogP contribution is -2.46. The second kappa shape index (κ2) is 6.25. The van der Waals surface area contributed by atoms with Crippen LogP contribution in [0.5, 0.6) is 0 Å². The van der Waals surface area contributed by atoms with E-state index in [0.717, 1.165) is 40.9 Å². The monoisotopic (exact) mass is 290 g/mol. The Bertz CT molecular complexity index is 293. The van der Waals surface area contributed by atoms with Gasteiger partial charge in [0, 0.05) is 0 Å². The van der Waals surface area contributed by atoms with Gasteiger partial charge in [-0.05, 0) is 92.3 Å². The predicted octanol–water partition coefficient (Wildman–Crippen LogP) is 6.69. The molecule has 5 rings (SSSR count). The fourth-order valence-electron chi connectivity index (χ4n) is 6.43. The summed E-state index contributed by atoms with van der Waals surface area (Å²) in [6.45, 7) is 9.44. The molecule has 5 saturated carbocycles. The highest BCUT2D eigenvalue weighted by Crippen LogP contribution is 2.61. The normalized spacial score (nSPS) is 40.6. The Morgan fingerprint density at radius 2 is 1.24 bits per heavy atom. The summed E-state index contributed by atoms with van der Waals surface area (Å²) in [7, 11) is 0. The summed E-state index contributed by atoms with van der Waals surface area (Å²) in [5.41, 5.74) is 0.822. The molecule has 0 heterocycles. The molecule has 0 aromatic heterocycles. The van der Waals surface area contributed by atoms with Gasteiger partial charge in [0.05, 0.1) is 0 Å².